The summed E-state index contributed by atoms with van der Waals surface area (Å²) >= 11 is 0. The van der Waals surface area contributed by atoms with E-state index < -0.39 is 0 Å². The van der Waals surface area contributed by atoms with Gasteiger partial charge in [0.1, 0.15) is 18.1 Å². The molecule has 0 amide bonds. The van der Waals surface area contributed by atoms with Gasteiger partial charge in [0.25, 0.3) is 0 Å². The Hall–Kier alpha value is -1.77. The summed E-state index contributed by atoms with van der Waals surface area (Å²) in [5.74, 6) is 1.59. The zero-order valence-corrected chi connectivity index (χ0v) is 15.3. The molecule has 0 radical (unpaired) electrons. The summed E-state index contributed by atoms with van der Waals surface area (Å²) in [5.41, 5.74) is 0.939. The maximum Gasteiger partial charge on any atom is 0.170 e. The summed E-state index contributed by atoms with van der Waals surface area (Å²) in [6.45, 7) is 8.96. The number of hydrogen-bond acceptors (Lipinski definition) is 3. The lowest BCUT2D eigenvalue weighted by atomic mass is 10.1. The highest BCUT2D eigenvalue weighted by Crippen LogP contribution is 2.24. The predicted octanol–water partition coefficient (Wildman–Crippen LogP) is 5.82. The average Bonchev–Trinajstić information content (AvgIpc) is 2.60. The molecule has 0 spiro atoms. The van der Waals surface area contributed by atoms with Gasteiger partial charge in [0.05, 0.1) is 6.61 Å². The molecule has 3 nitrogen and oxygen atoms in total. The molecule has 0 aromatic heterocycles. The second-order valence-electron chi connectivity index (χ2n) is 6.14. The van der Waals surface area contributed by atoms with Crippen LogP contribution in [0.15, 0.2) is 24.8 Å². The molecule has 24 heavy (non-hydrogen) atoms. The summed E-state index contributed by atoms with van der Waals surface area (Å²) in [6.07, 6.45) is 10.2. The normalized spacial score (nSPS) is 10.4. The number of ether oxygens (including phenoxy) is 2. The number of rotatable bonds is 14. The molecule has 3 heteroatoms. The molecule has 0 fully saturated rings. The largest absolute Gasteiger partial charge is 0.493 e. The minimum absolute atomic E-state index is 0.125. The van der Waals surface area contributed by atoms with Crippen LogP contribution < -0.4 is 9.47 Å². The van der Waals surface area contributed by atoms with E-state index in [1.165, 1.54) is 19.3 Å². The smallest absolute Gasteiger partial charge is 0.170 e. The molecular formula is C21H32O3. The summed E-state index contributed by atoms with van der Waals surface area (Å²) in [7, 11) is 0. The molecule has 0 N–H and O–H groups in total. The van der Waals surface area contributed by atoms with E-state index in [0.29, 0.717) is 18.8 Å². The fourth-order valence-electron chi connectivity index (χ4n) is 2.41. The Balaban J connectivity index is 2.49. The molecule has 0 atom stereocenters. The van der Waals surface area contributed by atoms with Gasteiger partial charge in [-0.25, -0.2) is 0 Å². The molecule has 0 saturated heterocycles. The maximum atomic E-state index is 11.8. The van der Waals surface area contributed by atoms with Gasteiger partial charge in [-0.15, -0.1) is 0 Å². The molecule has 0 saturated carbocycles. The first kappa shape index (κ1) is 20.3. The summed E-state index contributed by atoms with van der Waals surface area (Å²) in [4.78, 5) is 11.8. The molecule has 0 bridgehead atoms. The van der Waals surface area contributed by atoms with Crippen molar-refractivity contribution in [3.05, 3.63) is 30.3 Å². The Morgan fingerprint density at radius 2 is 1.62 bits per heavy atom. The van der Waals surface area contributed by atoms with E-state index >= 15 is 0 Å². The zero-order valence-electron chi connectivity index (χ0n) is 15.3. The Morgan fingerprint density at radius 1 is 0.958 bits per heavy atom. The van der Waals surface area contributed by atoms with Crippen LogP contribution in [0, 0.1) is 0 Å². The summed E-state index contributed by atoms with van der Waals surface area (Å²) in [5, 5.41) is 0. The van der Waals surface area contributed by atoms with E-state index in [4.69, 9.17) is 9.47 Å². The lowest BCUT2D eigenvalue weighted by Crippen LogP contribution is -2.11. The Kier molecular flexibility index (Phi) is 10.7. The highest BCUT2D eigenvalue weighted by Gasteiger charge is 2.06. The summed E-state index contributed by atoms with van der Waals surface area (Å²) in [6, 6.07) is 5.69. The molecule has 0 aliphatic carbocycles. The first-order chi connectivity index (χ1) is 11.7. The molecule has 0 aliphatic heterocycles. The second-order valence-corrected chi connectivity index (χ2v) is 6.14. The second kappa shape index (κ2) is 12.6. The van der Waals surface area contributed by atoms with Gasteiger partial charge in [0, 0.05) is 12.5 Å². The van der Waals surface area contributed by atoms with Crippen LogP contribution in [0.4, 0.5) is 0 Å². The SMILES string of the molecule is C=Cc1cc(OCCCCCC)cc(OCC(=O)CCCCC)c1. The minimum Gasteiger partial charge on any atom is -0.493 e. The van der Waals surface area contributed by atoms with Crippen molar-refractivity contribution in [1.29, 1.82) is 0 Å². The third-order valence-electron chi connectivity index (χ3n) is 3.86. The lowest BCUT2D eigenvalue weighted by molar-refractivity contribution is -0.121. The third-order valence-corrected chi connectivity index (χ3v) is 3.86. The van der Waals surface area contributed by atoms with Crippen LogP contribution in [0.1, 0.15) is 70.8 Å². The molecule has 0 heterocycles. The van der Waals surface area contributed by atoms with Gasteiger partial charge >= 0.3 is 0 Å². The van der Waals surface area contributed by atoms with Crippen LogP contribution in [0.2, 0.25) is 0 Å². The van der Waals surface area contributed by atoms with Gasteiger partial charge in [-0.3, -0.25) is 4.79 Å². The van der Waals surface area contributed by atoms with Gasteiger partial charge in [0.2, 0.25) is 0 Å². The van der Waals surface area contributed by atoms with E-state index in [1.54, 1.807) is 6.08 Å². The predicted molar refractivity (Wildman–Crippen MR) is 101 cm³/mol. The van der Waals surface area contributed by atoms with Crippen molar-refractivity contribution < 1.29 is 14.3 Å². The number of carbonyl (C=O) groups excluding carboxylic acids is 1. The van der Waals surface area contributed by atoms with E-state index in [1.807, 2.05) is 18.2 Å². The highest BCUT2D eigenvalue weighted by atomic mass is 16.5. The van der Waals surface area contributed by atoms with E-state index in [0.717, 1.165) is 37.0 Å². The van der Waals surface area contributed by atoms with Gasteiger partial charge in [-0.1, -0.05) is 58.6 Å². The van der Waals surface area contributed by atoms with Crippen molar-refractivity contribution in [3.63, 3.8) is 0 Å². The van der Waals surface area contributed by atoms with Gasteiger partial charge < -0.3 is 9.47 Å². The molecular weight excluding hydrogens is 300 g/mol. The molecule has 1 aromatic rings. The van der Waals surface area contributed by atoms with Crippen LogP contribution in [-0.4, -0.2) is 19.0 Å². The van der Waals surface area contributed by atoms with Crippen molar-refractivity contribution >= 4 is 11.9 Å². The van der Waals surface area contributed by atoms with E-state index in [9.17, 15) is 4.79 Å². The Labute approximate surface area is 147 Å². The first-order valence-electron chi connectivity index (χ1n) is 9.24. The fraction of sp³-hybridized carbons (Fsp3) is 0.571. The molecule has 1 aromatic carbocycles. The van der Waals surface area contributed by atoms with Gasteiger partial charge in [-0.2, -0.15) is 0 Å². The van der Waals surface area contributed by atoms with Crippen LogP contribution in [0.25, 0.3) is 6.08 Å². The quantitative estimate of drug-likeness (QED) is 0.403. The number of ketones is 1. The Bertz CT molecular complexity index is 494. The van der Waals surface area contributed by atoms with Crippen molar-refractivity contribution in [1.82, 2.24) is 0 Å². The summed E-state index contributed by atoms with van der Waals surface area (Å²) < 4.78 is 11.5. The van der Waals surface area contributed by atoms with Crippen molar-refractivity contribution in [3.8, 4) is 11.5 Å². The molecule has 134 valence electrons. The van der Waals surface area contributed by atoms with Crippen LogP contribution in [0.3, 0.4) is 0 Å². The topological polar surface area (TPSA) is 35.5 Å². The number of unbranched alkanes of at least 4 members (excludes halogenated alkanes) is 5. The fourth-order valence-corrected chi connectivity index (χ4v) is 2.41. The molecule has 1 rings (SSSR count). The van der Waals surface area contributed by atoms with Gasteiger partial charge in [0.15, 0.2) is 5.78 Å². The monoisotopic (exact) mass is 332 g/mol. The zero-order chi connectivity index (χ0) is 17.6. The number of hydrogen-bond donors (Lipinski definition) is 0. The first-order valence-corrected chi connectivity index (χ1v) is 9.24. The number of Topliss-reactive ketones (excluding diaryl/α,β-unsaturated/α-hetero) is 1. The highest BCUT2D eigenvalue weighted by molar-refractivity contribution is 5.79. The van der Waals surface area contributed by atoms with Crippen LogP contribution in [0.5, 0.6) is 11.5 Å². The molecule has 0 unspecified atom stereocenters. The van der Waals surface area contributed by atoms with Crippen LogP contribution in [-0.2, 0) is 4.79 Å². The lowest BCUT2D eigenvalue weighted by Gasteiger charge is -2.11. The molecule has 0 aliphatic rings. The number of carbonyl (C=O) groups is 1. The van der Waals surface area contributed by atoms with Gasteiger partial charge in [-0.05, 0) is 30.5 Å². The standard InChI is InChI=1S/C21H32O3/c1-4-7-9-11-13-23-20-14-18(6-3)15-21(16-20)24-17-19(22)12-10-8-5-2/h6,14-16H,3-5,7-13,17H2,1-2H3. The van der Waals surface area contributed by atoms with E-state index in [2.05, 4.69) is 20.4 Å². The van der Waals surface area contributed by atoms with E-state index in [-0.39, 0.29) is 12.4 Å². The van der Waals surface area contributed by atoms with Crippen LogP contribution >= 0.6 is 0 Å². The maximum absolute atomic E-state index is 11.8. The Morgan fingerprint density at radius 3 is 2.29 bits per heavy atom. The van der Waals surface area contributed by atoms with Crippen molar-refractivity contribution in [2.45, 2.75) is 65.2 Å². The van der Waals surface area contributed by atoms with Crippen molar-refractivity contribution in [2.24, 2.45) is 0 Å². The number of benzene rings is 1. The average molecular weight is 332 g/mol. The van der Waals surface area contributed by atoms with Crippen molar-refractivity contribution in [2.75, 3.05) is 13.2 Å². The minimum atomic E-state index is 0.125. The third kappa shape index (κ3) is 8.76.